The van der Waals surface area contributed by atoms with Crippen molar-refractivity contribution in [3.63, 3.8) is 0 Å². The van der Waals surface area contributed by atoms with Gasteiger partial charge in [0.05, 0.1) is 16.8 Å². The summed E-state index contributed by atoms with van der Waals surface area (Å²) in [6, 6.07) is 5.66. The summed E-state index contributed by atoms with van der Waals surface area (Å²) < 4.78 is 13.3. The van der Waals surface area contributed by atoms with Crippen LogP contribution in [0.4, 0.5) is 10.2 Å². The molecule has 1 aromatic heterocycles. The molecule has 0 bridgehead atoms. The van der Waals surface area contributed by atoms with E-state index in [0.29, 0.717) is 0 Å². The van der Waals surface area contributed by atoms with Gasteiger partial charge in [0.15, 0.2) is 11.6 Å². The van der Waals surface area contributed by atoms with Gasteiger partial charge >= 0.3 is 6.01 Å². The van der Waals surface area contributed by atoms with Crippen LogP contribution < -0.4 is 5.32 Å². The Morgan fingerprint density at radius 1 is 1.39 bits per heavy atom. The fraction of sp³-hybridized carbons (Fsp3) is 0. The van der Waals surface area contributed by atoms with Crippen LogP contribution in [0.1, 0.15) is 10.4 Å². The molecule has 0 saturated carbocycles. The predicted octanol–water partition coefficient (Wildman–Crippen LogP) is 2.23. The quantitative estimate of drug-likeness (QED) is 0.875. The molecule has 1 heterocycles. The van der Waals surface area contributed by atoms with Crippen LogP contribution in [-0.4, -0.2) is 21.0 Å². The van der Waals surface area contributed by atoms with E-state index >= 15 is 0 Å². The molecule has 1 aromatic carbocycles. The number of carbonyl (C=O) groups excluding carboxylic acids is 1. The van der Waals surface area contributed by atoms with Gasteiger partial charge in [-0.05, 0) is 12.1 Å². The largest absolute Gasteiger partial charge is 0.479 e. The van der Waals surface area contributed by atoms with E-state index in [0.717, 1.165) is 6.20 Å². The Morgan fingerprint density at radius 3 is 2.83 bits per heavy atom. The zero-order chi connectivity index (χ0) is 13.1. The Morgan fingerprint density at radius 2 is 2.11 bits per heavy atom. The maximum absolute atomic E-state index is 13.3. The third-order valence-electron chi connectivity index (χ3n) is 2.08. The van der Waals surface area contributed by atoms with Gasteiger partial charge < -0.3 is 10.4 Å². The highest BCUT2D eigenvalue weighted by Crippen LogP contribution is 2.18. The number of hydrogen-bond donors (Lipinski definition) is 2. The lowest BCUT2D eigenvalue weighted by Gasteiger charge is -2.06. The summed E-state index contributed by atoms with van der Waals surface area (Å²) >= 11 is 5.82. The molecule has 0 radical (unpaired) electrons. The van der Waals surface area contributed by atoms with Crippen molar-refractivity contribution in [2.45, 2.75) is 0 Å². The number of amides is 1. The first-order valence-electron chi connectivity index (χ1n) is 4.85. The molecular weight excluding hydrogens is 261 g/mol. The summed E-state index contributed by atoms with van der Waals surface area (Å²) in [6.07, 6.45) is 0.755. The standard InChI is InChI=1S/C11H7ClFN3O2/c12-7-4-2-1-3-6(7)10(17)15-9-8(13)5-14-11(18)16-9/h1-5H,(H2,14,15,16,17,18). The van der Waals surface area contributed by atoms with E-state index in [1.807, 2.05) is 0 Å². The average Bonchev–Trinajstić information content (AvgIpc) is 2.34. The minimum Gasteiger partial charge on any atom is -0.479 e. The first-order chi connectivity index (χ1) is 8.58. The van der Waals surface area contributed by atoms with Crippen molar-refractivity contribution in [1.29, 1.82) is 0 Å². The lowest BCUT2D eigenvalue weighted by molar-refractivity contribution is 0.102. The number of rotatable bonds is 2. The number of aromatic nitrogens is 2. The molecule has 0 fully saturated rings. The minimum absolute atomic E-state index is 0.177. The van der Waals surface area contributed by atoms with Gasteiger partial charge in [-0.1, -0.05) is 23.7 Å². The summed E-state index contributed by atoms with van der Waals surface area (Å²) in [5.41, 5.74) is 0.177. The predicted molar refractivity (Wildman–Crippen MR) is 63.1 cm³/mol. The van der Waals surface area contributed by atoms with E-state index in [1.165, 1.54) is 12.1 Å². The van der Waals surface area contributed by atoms with Gasteiger partial charge in [-0.3, -0.25) is 4.79 Å². The normalized spacial score (nSPS) is 10.1. The SMILES string of the molecule is O=C(Nc1nc(O)ncc1F)c1ccccc1Cl. The number of anilines is 1. The molecule has 2 N–H and O–H groups in total. The van der Waals surface area contributed by atoms with Crippen LogP contribution in [0.2, 0.25) is 5.02 Å². The molecule has 0 spiro atoms. The van der Waals surface area contributed by atoms with Gasteiger partial charge in [-0.25, -0.2) is 9.37 Å². The first-order valence-corrected chi connectivity index (χ1v) is 5.23. The molecule has 2 rings (SSSR count). The van der Waals surface area contributed by atoms with E-state index in [4.69, 9.17) is 16.7 Å². The molecular formula is C11H7ClFN3O2. The monoisotopic (exact) mass is 267 g/mol. The summed E-state index contributed by atoms with van der Waals surface area (Å²) in [5.74, 6) is -1.89. The van der Waals surface area contributed by atoms with E-state index in [1.54, 1.807) is 12.1 Å². The molecule has 0 atom stereocenters. The van der Waals surface area contributed by atoms with E-state index in [-0.39, 0.29) is 10.6 Å². The lowest BCUT2D eigenvalue weighted by atomic mass is 10.2. The van der Waals surface area contributed by atoms with Crippen molar-refractivity contribution < 1.29 is 14.3 Å². The van der Waals surface area contributed by atoms with Crippen molar-refractivity contribution in [1.82, 2.24) is 9.97 Å². The fourth-order valence-electron chi connectivity index (χ4n) is 1.27. The highest BCUT2D eigenvalue weighted by molar-refractivity contribution is 6.34. The van der Waals surface area contributed by atoms with Crippen LogP contribution in [-0.2, 0) is 0 Å². The molecule has 1 amide bonds. The van der Waals surface area contributed by atoms with Gasteiger partial charge in [0.2, 0.25) is 0 Å². The van der Waals surface area contributed by atoms with Crippen molar-refractivity contribution >= 4 is 23.3 Å². The minimum atomic E-state index is -0.854. The van der Waals surface area contributed by atoms with E-state index in [9.17, 15) is 9.18 Å². The molecule has 0 aliphatic carbocycles. The zero-order valence-electron chi connectivity index (χ0n) is 8.89. The maximum atomic E-state index is 13.3. The van der Waals surface area contributed by atoms with Crippen LogP contribution in [0.3, 0.4) is 0 Å². The number of nitrogens with one attached hydrogen (secondary N) is 1. The van der Waals surface area contributed by atoms with E-state index < -0.39 is 23.6 Å². The average molecular weight is 268 g/mol. The molecule has 0 saturated heterocycles. The number of benzene rings is 1. The van der Waals surface area contributed by atoms with Crippen LogP contribution in [0, 0.1) is 5.82 Å². The van der Waals surface area contributed by atoms with Crippen molar-refractivity contribution in [2.24, 2.45) is 0 Å². The summed E-state index contributed by atoms with van der Waals surface area (Å²) in [7, 11) is 0. The fourth-order valence-corrected chi connectivity index (χ4v) is 1.49. The molecule has 92 valence electrons. The molecule has 0 unspecified atom stereocenters. The number of aromatic hydroxyl groups is 1. The number of nitrogens with zero attached hydrogens (tertiary/aromatic N) is 2. The second kappa shape index (κ2) is 4.97. The highest BCUT2D eigenvalue weighted by Gasteiger charge is 2.14. The molecule has 0 aliphatic heterocycles. The highest BCUT2D eigenvalue weighted by atomic mass is 35.5. The molecule has 5 nitrogen and oxygen atoms in total. The number of carbonyl (C=O) groups is 1. The van der Waals surface area contributed by atoms with Gasteiger partial charge in [-0.15, -0.1) is 0 Å². The maximum Gasteiger partial charge on any atom is 0.316 e. The second-order valence-electron chi connectivity index (χ2n) is 3.30. The van der Waals surface area contributed by atoms with Crippen LogP contribution in [0.25, 0.3) is 0 Å². The Bertz CT molecular complexity index is 607. The first kappa shape index (κ1) is 12.3. The summed E-state index contributed by atoms with van der Waals surface area (Å²) in [6.45, 7) is 0. The third kappa shape index (κ3) is 2.54. The zero-order valence-corrected chi connectivity index (χ0v) is 9.65. The van der Waals surface area contributed by atoms with Gasteiger partial charge in [0.25, 0.3) is 5.91 Å². The summed E-state index contributed by atoms with van der Waals surface area (Å²) in [4.78, 5) is 18.4. The Kier molecular flexibility index (Phi) is 3.38. The Hall–Kier alpha value is -2.21. The third-order valence-corrected chi connectivity index (χ3v) is 2.41. The molecule has 2 aromatic rings. The molecule has 18 heavy (non-hydrogen) atoms. The van der Waals surface area contributed by atoms with Crippen LogP contribution >= 0.6 is 11.6 Å². The van der Waals surface area contributed by atoms with Crippen molar-refractivity contribution in [3.05, 3.63) is 46.9 Å². The van der Waals surface area contributed by atoms with Crippen LogP contribution in [0.5, 0.6) is 6.01 Å². The van der Waals surface area contributed by atoms with Crippen LogP contribution in [0.15, 0.2) is 30.5 Å². The van der Waals surface area contributed by atoms with Gasteiger partial charge in [0, 0.05) is 0 Å². The topological polar surface area (TPSA) is 75.1 Å². The number of halogens is 2. The van der Waals surface area contributed by atoms with Crippen molar-refractivity contribution in [2.75, 3.05) is 5.32 Å². The number of hydrogen-bond acceptors (Lipinski definition) is 4. The summed E-state index contributed by atoms with van der Waals surface area (Å²) in [5, 5.41) is 11.4. The second-order valence-corrected chi connectivity index (χ2v) is 3.71. The molecule has 7 heteroatoms. The lowest BCUT2D eigenvalue weighted by Crippen LogP contribution is -2.14. The Balaban J connectivity index is 2.27. The Labute approximate surface area is 106 Å². The van der Waals surface area contributed by atoms with Gasteiger partial charge in [-0.2, -0.15) is 4.98 Å². The smallest absolute Gasteiger partial charge is 0.316 e. The van der Waals surface area contributed by atoms with Crippen molar-refractivity contribution in [3.8, 4) is 6.01 Å². The molecule has 0 aliphatic rings. The van der Waals surface area contributed by atoms with Gasteiger partial charge in [0.1, 0.15) is 0 Å². The van der Waals surface area contributed by atoms with E-state index in [2.05, 4.69) is 15.3 Å².